The quantitative estimate of drug-likeness (QED) is 0.659. The van der Waals surface area contributed by atoms with E-state index in [0.29, 0.717) is 31.1 Å². The molecule has 1 atom stereocenters. The van der Waals surface area contributed by atoms with Crippen LogP contribution in [0.1, 0.15) is 40.7 Å². The fourth-order valence-corrected chi connectivity index (χ4v) is 3.48. The van der Waals surface area contributed by atoms with Gasteiger partial charge in [-0.05, 0) is 43.3 Å². The lowest BCUT2D eigenvalue weighted by atomic mass is 10.1. The minimum atomic E-state index is -0.276. The highest BCUT2D eigenvalue weighted by Crippen LogP contribution is 2.28. The van der Waals surface area contributed by atoms with E-state index in [2.05, 4.69) is 10.3 Å². The number of morpholine rings is 1. The van der Waals surface area contributed by atoms with Crippen molar-refractivity contribution in [2.75, 3.05) is 26.9 Å². The molecule has 152 valence electrons. The molecule has 1 saturated heterocycles. The number of nitrogens with zero attached hydrogens (tertiary/aromatic N) is 4. The highest BCUT2D eigenvalue weighted by atomic mass is 16.5. The minimum absolute atomic E-state index is 0.176. The Morgan fingerprint density at radius 1 is 1.24 bits per heavy atom. The molecule has 1 fully saturated rings. The van der Waals surface area contributed by atoms with Crippen LogP contribution in [-0.2, 0) is 11.2 Å². The SMILES string of the molecule is CCc1ccc(C2COCCN2C(=O)c2nnn(-c3ccc(OC)cc3)c2C)o1. The molecule has 29 heavy (non-hydrogen) atoms. The first-order valence-electron chi connectivity index (χ1n) is 9.66. The molecule has 3 heterocycles. The lowest BCUT2D eigenvalue weighted by Gasteiger charge is -2.34. The van der Waals surface area contributed by atoms with E-state index in [1.807, 2.05) is 50.2 Å². The van der Waals surface area contributed by atoms with Gasteiger partial charge in [0, 0.05) is 13.0 Å². The Hall–Kier alpha value is -3.13. The van der Waals surface area contributed by atoms with Gasteiger partial charge < -0.3 is 18.8 Å². The molecule has 1 aliphatic heterocycles. The largest absolute Gasteiger partial charge is 0.497 e. The Bertz CT molecular complexity index is 993. The second-order valence-electron chi connectivity index (χ2n) is 6.88. The summed E-state index contributed by atoms with van der Waals surface area (Å²) >= 11 is 0. The molecule has 2 aromatic heterocycles. The smallest absolute Gasteiger partial charge is 0.277 e. The summed E-state index contributed by atoms with van der Waals surface area (Å²) in [4.78, 5) is 15.1. The minimum Gasteiger partial charge on any atom is -0.497 e. The van der Waals surface area contributed by atoms with E-state index in [4.69, 9.17) is 13.9 Å². The summed E-state index contributed by atoms with van der Waals surface area (Å²) in [5.41, 5.74) is 1.82. The lowest BCUT2D eigenvalue weighted by Crippen LogP contribution is -2.43. The maximum absolute atomic E-state index is 13.3. The van der Waals surface area contributed by atoms with Gasteiger partial charge in [0.05, 0.1) is 31.7 Å². The number of methoxy groups -OCH3 is 1. The summed E-state index contributed by atoms with van der Waals surface area (Å²) in [5, 5.41) is 8.37. The van der Waals surface area contributed by atoms with E-state index < -0.39 is 0 Å². The van der Waals surface area contributed by atoms with Crippen LogP contribution in [0.2, 0.25) is 0 Å². The van der Waals surface area contributed by atoms with Crippen molar-refractivity contribution < 1.29 is 18.7 Å². The van der Waals surface area contributed by atoms with Crippen molar-refractivity contribution >= 4 is 5.91 Å². The van der Waals surface area contributed by atoms with Crippen molar-refractivity contribution in [1.29, 1.82) is 0 Å². The van der Waals surface area contributed by atoms with Crippen LogP contribution in [0.4, 0.5) is 0 Å². The van der Waals surface area contributed by atoms with Gasteiger partial charge in [-0.3, -0.25) is 4.79 Å². The van der Waals surface area contributed by atoms with Crippen molar-refractivity contribution in [1.82, 2.24) is 19.9 Å². The van der Waals surface area contributed by atoms with Crippen LogP contribution in [0.3, 0.4) is 0 Å². The summed E-state index contributed by atoms with van der Waals surface area (Å²) in [6, 6.07) is 11.0. The van der Waals surface area contributed by atoms with E-state index in [9.17, 15) is 4.79 Å². The number of amides is 1. The molecule has 0 radical (unpaired) electrons. The standard InChI is InChI=1S/C21H24N4O4/c1-4-16-9-10-19(29-16)18-13-28-12-11-24(18)21(26)20-14(2)25(23-22-20)15-5-7-17(27-3)8-6-15/h5-10,18H,4,11-13H2,1-3H3. The molecule has 1 aromatic carbocycles. The van der Waals surface area contributed by atoms with Crippen molar-refractivity contribution in [3.05, 3.63) is 59.3 Å². The first-order chi connectivity index (χ1) is 14.1. The molecule has 0 bridgehead atoms. The van der Waals surface area contributed by atoms with Crippen LogP contribution in [-0.4, -0.2) is 52.7 Å². The molecule has 1 amide bonds. The summed E-state index contributed by atoms with van der Waals surface area (Å²) in [5.74, 6) is 2.20. The zero-order valence-electron chi connectivity index (χ0n) is 16.8. The first-order valence-corrected chi connectivity index (χ1v) is 9.66. The first kappa shape index (κ1) is 19.2. The number of aryl methyl sites for hydroxylation is 1. The molecule has 3 aromatic rings. The van der Waals surface area contributed by atoms with E-state index in [1.54, 1.807) is 16.7 Å². The van der Waals surface area contributed by atoms with Crippen molar-refractivity contribution in [3.8, 4) is 11.4 Å². The van der Waals surface area contributed by atoms with Gasteiger partial charge in [-0.25, -0.2) is 4.68 Å². The predicted octanol–water partition coefficient (Wildman–Crippen LogP) is 2.95. The van der Waals surface area contributed by atoms with E-state index in [1.165, 1.54) is 0 Å². The lowest BCUT2D eigenvalue weighted by molar-refractivity contribution is -0.00935. The van der Waals surface area contributed by atoms with Gasteiger partial charge in [0.15, 0.2) is 5.69 Å². The second kappa shape index (κ2) is 8.08. The fraction of sp³-hybridized carbons (Fsp3) is 0.381. The zero-order chi connectivity index (χ0) is 20.4. The number of ether oxygens (including phenoxy) is 2. The van der Waals surface area contributed by atoms with Gasteiger partial charge in [-0.15, -0.1) is 5.10 Å². The third-order valence-corrected chi connectivity index (χ3v) is 5.16. The summed E-state index contributed by atoms with van der Waals surface area (Å²) < 4.78 is 18.4. The molecule has 0 spiro atoms. The average molecular weight is 396 g/mol. The van der Waals surface area contributed by atoms with Crippen LogP contribution in [0.5, 0.6) is 5.75 Å². The Kier molecular flexibility index (Phi) is 5.35. The van der Waals surface area contributed by atoms with Crippen LogP contribution in [0.15, 0.2) is 40.8 Å². The average Bonchev–Trinajstić information content (AvgIpc) is 3.40. The second-order valence-corrected chi connectivity index (χ2v) is 6.88. The number of benzene rings is 1. The zero-order valence-corrected chi connectivity index (χ0v) is 16.8. The maximum atomic E-state index is 13.3. The van der Waals surface area contributed by atoms with Gasteiger partial charge in [-0.1, -0.05) is 12.1 Å². The molecule has 0 aliphatic carbocycles. The Morgan fingerprint density at radius 3 is 2.72 bits per heavy atom. The van der Waals surface area contributed by atoms with Gasteiger partial charge in [0.2, 0.25) is 0 Å². The van der Waals surface area contributed by atoms with Gasteiger partial charge in [0.25, 0.3) is 5.91 Å². The van der Waals surface area contributed by atoms with Crippen molar-refractivity contribution in [3.63, 3.8) is 0 Å². The molecule has 1 unspecified atom stereocenters. The van der Waals surface area contributed by atoms with Gasteiger partial charge in [-0.2, -0.15) is 0 Å². The number of hydrogen-bond donors (Lipinski definition) is 0. The molecule has 8 nitrogen and oxygen atoms in total. The third-order valence-electron chi connectivity index (χ3n) is 5.16. The number of hydrogen-bond acceptors (Lipinski definition) is 6. The predicted molar refractivity (Wildman–Crippen MR) is 105 cm³/mol. The number of furan rings is 1. The van der Waals surface area contributed by atoms with E-state index >= 15 is 0 Å². The number of carbonyl (C=O) groups is 1. The Labute approximate surface area is 169 Å². The highest BCUT2D eigenvalue weighted by Gasteiger charge is 2.34. The number of aromatic nitrogens is 3. The summed E-state index contributed by atoms with van der Waals surface area (Å²) in [7, 11) is 1.62. The fourth-order valence-electron chi connectivity index (χ4n) is 3.48. The van der Waals surface area contributed by atoms with E-state index in [-0.39, 0.29) is 11.9 Å². The van der Waals surface area contributed by atoms with Gasteiger partial charge in [0.1, 0.15) is 23.3 Å². The molecule has 0 saturated carbocycles. The molecule has 1 aliphatic rings. The highest BCUT2D eigenvalue weighted by molar-refractivity contribution is 5.93. The molecule has 8 heteroatoms. The Morgan fingerprint density at radius 2 is 2.03 bits per heavy atom. The normalized spacial score (nSPS) is 16.8. The topological polar surface area (TPSA) is 82.6 Å². The number of carbonyl (C=O) groups excluding carboxylic acids is 1. The number of rotatable bonds is 5. The van der Waals surface area contributed by atoms with E-state index in [0.717, 1.165) is 29.4 Å². The molecule has 4 rings (SSSR count). The maximum Gasteiger partial charge on any atom is 0.277 e. The van der Waals surface area contributed by atoms with Crippen LogP contribution >= 0.6 is 0 Å². The summed E-state index contributed by atoms with van der Waals surface area (Å²) in [6.45, 7) is 5.22. The van der Waals surface area contributed by atoms with Crippen molar-refractivity contribution in [2.24, 2.45) is 0 Å². The van der Waals surface area contributed by atoms with Crippen molar-refractivity contribution in [2.45, 2.75) is 26.3 Å². The third kappa shape index (κ3) is 3.63. The molecule has 0 N–H and O–H groups in total. The monoisotopic (exact) mass is 396 g/mol. The Balaban J connectivity index is 1.61. The van der Waals surface area contributed by atoms with Crippen LogP contribution < -0.4 is 4.74 Å². The molecular formula is C21H24N4O4. The molecular weight excluding hydrogens is 372 g/mol. The van der Waals surface area contributed by atoms with Gasteiger partial charge >= 0.3 is 0 Å². The summed E-state index contributed by atoms with van der Waals surface area (Å²) in [6.07, 6.45) is 0.802. The van der Waals surface area contributed by atoms with Crippen LogP contribution in [0.25, 0.3) is 5.69 Å². The van der Waals surface area contributed by atoms with Crippen LogP contribution in [0, 0.1) is 6.92 Å².